The molecule has 3 amide bonds. The van der Waals surface area contributed by atoms with E-state index in [0.29, 0.717) is 22.9 Å². The fraction of sp³-hybridized carbons (Fsp3) is 0.148. The van der Waals surface area contributed by atoms with Gasteiger partial charge in [0, 0.05) is 16.9 Å². The van der Waals surface area contributed by atoms with Crippen molar-refractivity contribution in [2.75, 3.05) is 15.5 Å². The highest BCUT2D eigenvalue weighted by Gasteiger charge is 2.39. The Bertz CT molecular complexity index is 1300. The van der Waals surface area contributed by atoms with Gasteiger partial charge in [0.25, 0.3) is 17.7 Å². The minimum Gasteiger partial charge on any atom is -0.350 e. The molecular formula is C27H24ClN3O3. The van der Waals surface area contributed by atoms with Gasteiger partial charge in [-0.1, -0.05) is 55.8 Å². The average Bonchev–Trinajstić information content (AvgIpc) is 3.04. The number of aryl methyl sites for hydroxylation is 1. The third-order valence-electron chi connectivity index (χ3n) is 5.65. The Morgan fingerprint density at radius 2 is 1.53 bits per heavy atom. The van der Waals surface area contributed by atoms with Crippen LogP contribution in [-0.2, 0) is 9.59 Å². The lowest BCUT2D eigenvalue weighted by atomic mass is 10.0. The number of para-hydroxylation sites is 1. The van der Waals surface area contributed by atoms with Crippen molar-refractivity contribution < 1.29 is 14.4 Å². The van der Waals surface area contributed by atoms with E-state index >= 15 is 0 Å². The summed E-state index contributed by atoms with van der Waals surface area (Å²) in [4.78, 5) is 39.3. The Morgan fingerprint density at radius 1 is 0.882 bits per heavy atom. The minimum atomic E-state index is -0.583. The largest absolute Gasteiger partial charge is 0.350 e. The number of carbonyl (C=O) groups excluding carboxylic acids is 3. The van der Waals surface area contributed by atoms with Gasteiger partial charge in [-0.15, -0.1) is 0 Å². The minimum absolute atomic E-state index is 0.00304. The van der Waals surface area contributed by atoms with E-state index in [9.17, 15) is 14.4 Å². The van der Waals surface area contributed by atoms with Gasteiger partial charge in [-0.2, -0.15) is 0 Å². The molecule has 0 radical (unpaired) electrons. The van der Waals surface area contributed by atoms with E-state index in [-0.39, 0.29) is 16.6 Å². The lowest BCUT2D eigenvalue weighted by molar-refractivity contribution is -0.120. The molecule has 0 aliphatic carbocycles. The van der Waals surface area contributed by atoms with Crippen molar-refractivity contribution >= 4 is 46.4 Å². The number of halogens is 1. The van der Waals surface area contributed by atoms with Crippen LogP contribution in [0.4, 0.5) is 17.1 Å². The highest BCUT2D eigenvalue weighted by molar-refractivity contribution is 6.53. The molecule has 3 aromatic rings. The second-order valence-electron chi connectivity index (χ2n) is 8.35. The zero-order chi connectivity index (χ0) is 24.4. The topological polar surface area (TPSA) is 78.5 Å². The van der Waals surface area contributed by atoms with Gasteiger partial charge in [-0.25, -0.2) is 4.90 Å². The monoisotopic (exact) mass is 473 g/mol. The summed E-state index contributed by atoms with van der Waals surface area (Å²) in [5, 5.41) is 5.63. The van der Waals surface area contributed by atoms with Crippen LogP contribution in [0.3, 0.4) is 0 Å². The molecule has 1 aliphatic heterocycles. The maximum absolute atomic E-state index is 13.0. The molecule has 0 bridgehead atoms. The summed E-state index contributed by atoms with van der Waals surface area (Å²) in [5.41, 5.74) is 4.24. The average molecular weight is 474 g/mol. The molecule has 0 saturated heterocycles. The standard InChI is InChI=1S/C27H24ClN3O3/c1-16(2)18-10-14-21(15-11-18)31-26(33)23(28)24(27(31)34)29-20-12-8-19(9-13-20)25(32)30-22-7-5-4-6-17(22)3/h4-16,29H,1-3H3,(H,30,32). The first-order valence-corrected chi connectivity index (χ1v) is 11.3. The van der Waals surface area contributed by atoms with Crippen LogP contribution in [0.2, 0.25) is 0 Å². The van der Waals surface area contributed by atoms with Crippen molar-refractivity contribution in [3.05, 3.63) is 100 Å². The van der Waals surface area contributed by atoms with Crippen molar-refractivity contribution in [3.63, 3.8) is 0 Å². The summed E-state index contributed by atoms with van der Waals surface area (Å²) in [5.74, 6) is -1.03. The number of carbonyl (C=O) groups is 3. The number of hydrogen-bond acceptors (Lipinski definition) is 4. The van der Waals surface area contributed by atoms with Crippen LogP contribution in [0, 0.1) is 6.92 Å². The van der Waals surface area contributed by atoms with Gasteiger partial charge < -0.3 is 10.6 Å². The second-order valence-corrected chi connectivity index (χ2v) is 8.73. The summed E-state index contributed by atoms with van der Waals surface area (Å²) in [6.45, 7) is 6.06. The zero-order valence-corrected chi connectivity index (χ0v) is 19.8. The van der Waals surface area contributed by atoms with Crippen molar-refractivity contribution in [1.82, 2.24) is 0 Å². The number of nitrogens with zero attached hydrogens (tertiary/aromatic N) is 1. The summed E-state index contributed by atoms with van der Waals surface area (Å²) in [6, 6.07) is 21.3. The van der Waals surface area contributed by atoms with Crippen LogP contribution < -0.4 is 15.5 Å². The van der Waals surface area contributed by atoms with E-state index in [1.165, 1.54) is 0 Å². The van der Waals surface area contributed by atoms with E-state index in [1.54, 1.807) is 36.4 Å². The van der Waals surface area contributed by atoms with Crippen LogP contribution in [0.25, 0.3) is 0 Å². The molecule has 0 unspecified atom stereocenters. The van der Waals surface area contributed by atoms with Gasteiger partial charge in [0.15, 0.2) is 0 Å². The molecule has 0 atom stereocenters. The van der Waals surface area contributed by atoms with Crippen molar-refractivity contribution in [1.29, 1.82) is 0 Å². The molecular weight excluding hydrogens is 450 g/mol. The summed E-state index contributed by atoms with van der Waals surface area (Å²) in [6.07, 6.45) is 0. The first kappa shape index (κ1) is 23.3. The third kappa shape index (κ3) is 4.58. The maximum Gasteiger partial charge on any atom is 0.283 e. The zero-order valence-electron chi connectivity index (χ0n) is 19.1. The number of imide groups is 1. The highest BCUT2D eigenvalue weighted by atomic mass is 35.5. The lowest BCUT2D eigenvalue weighted by Crippen LogP contribution is -2.32. The Kier molecular flexibility index (Phi) is 6.52. The third-order valence-corrected chi connectivity index (χ3v) is 6.01. The Balaban J connectivity index is 1.48. The molecule has 3 aromatic carbocycles. The van der Waals surface area contributed by atoms with Gasteiger partial charge in [-0.3, -0.25) is 14.4 Å². The number of anilines is 3. The Labute approximate surface area is 203 Å². The van der Waals surface area contributed by atoms with Crippen LogP contribution in [-0.4, -0.2) is 17.7 Å². The lowest BCUT2D eigenvalue weighted by Gasteiger charge is -2.16. The summed E-state index contributed by atoms with van der Waals surface area (Å²) >= 11 is 6.23. The fourth-order valence-corrected chi connectivity index (χ4v) is 3.82. The molecule has 2 N–H and O–H groups in total. The van der Waals surface area contributed by atoms with Crippen molar-refractivity contribution in [3.8, 4) is 0 Å². The van der Waals surface area contributed by atoms with Gasteiger partial charge in [0.05, 0.1) is 5.69 Å². The predicted molar refractivity (Wildman–Crippen MR) is 135 cm³/mol. The molecule has 0 aromatic heterocycles. The first-order chi connectivity index (χ1) is 16.3. The number of benzene rings is 3. The van der Waals surface area contributed by atoms with Crippen LogP contribution in [0.5, 0.6) is 0 Å². The number of amides is 3. The molecule has 1 heterocycles. The SMILES string of the molecule is Cc1ccccc1NC(=O)c1ccc(NC2=C(Cl)C(=O)N(c3ccc(C(C)C)cc3)C2=O)cc1. The molecule has 7 heteroatoms. The molecule has 172 valence electrons. The molecule has 4 rings (SSSR count). The maximum atomic E-state index is 13.0. The van der Waals surface area contributed by atoms with E-state index < -0.39 is 11.8 Å². The van der Waals surface area contributed by atoms with E-state index in [1.807, 2.05) is 43.3 Å². The fourth-order valence-electron chi connectivity index (χ4n) is 3.61. The summed E-state index contributed by atoms with van der Waals surface area (Å²) in [7, 11) is 0. The van der Waals surface area contributed by atoms with Gasteiger partial charge in [0.1, 0.15) is 10.7 Å². The molecule has 6 nitrogen and oxygen atoms in total. The predicted octanol–water partition coefficient (Wildman–Crippen LogP) is 5.81. The van der Waals surface area contributed by atoms with E-state index in [2.05, 4.69) is 24.5 Å². The number of nitrogens with one attached hydrogen (secondary N) is 2. The normalized spacial score (nSPS) is 13.6. The quantitative estimate of drug-likeness (QED) is 0.443. The van der Waals surface area contributed by atoms with E-state index in [4.69, 9.17) is 11.6 Å². The van der Waals surface area contributed by atoms with Gasteiger partial charge in [-0.05, 0) is 66.4 Å². The van der Waals surface area contributed by atoms with Crippen LogP contribution in [0.15, 0.2) is 83.5 Å². The smallest absolute Gasteiger partial charge is 0.283 e. The Morgan fingerprint density at radius 3 is 2.15 bits per heavy atom. The second kappa shape index (κ2) is 9.53. The Hall–Kier alpha value is -3.90. The van der Waals surface area contributed by atoms with Crippen molar-refractivity contribution in [2.24, 2.45) is 0 Å². The summed E-state index contributed by atoms with van der Waals surface area (Å²) < 4.78 is 0. The van der Waals surface area contributed by atoms with Crippen LogP contribution in [0.1, 0.15) is 41.3 Å². The molecule has 34 heavy (non-hydrogen) atoms. The number of hydrogen-bond donors (Lipinski definition) is 2. The highest BCUT2D eigenvalue weighted by Crippen LogP contribution is 2.31. The van der Waals surface area contributed by atoms with E-state index in [0.717, 1.165) is 21.7 Å². The van der Waals surface area contributed by atoms with Gasteiger partial charge in [0.2, 0.25) is 0 Å². The van der Waals surface area contributed by atoms with Crippen LogP contribution >= 0.6 is 11.6 Å². The molecule has 0 spiro atoms. The molecule has 1 aliphatic rings. The molecule has 0 saturated carbocycles. The number of rotatable bonds is 6. The van der Waals surface area contributed by atoms with Gasteiger partial charge >= 0.3 is 0 Å². The first-order valence-electron chi connectivity index (χ1n) is 10.9. The molecule has 0 fully saturated rings. The van der Waals surface area contributed by atoms with Crippen molar-refractivity contribution in [2.45, 2.75) is 26.7 Å².